The lowest BCUT2D eigenvalue weighted by Gasteiger charge is -2.30. The minimum Gasteiger partial charge on any atom is -0.489 e. The van der Waals surface area contributed by atoms with Gasteiger partial charge in [0.1, 0.15) is 23.9 Å². The molecule has 30 heavy (non-hydrogen) atoms. The maximum absolute atomic E-state index is 13.7. The van der Waals surface area contributed by atoms with E-state index < -0.39 is 0 Å². The molecule has 156 valence electrons. The second kappa shape index (κ2) is 8.96. The van der Waals surface area contributed by atoms with Crippen molar-refractivity contribution in [3.63, 3.8) is 0 Å². The van der Waals surface area contributed by atoms with Crippen molar-refractivity contribution in [3.05, 3.63) is 71.2 Å². The predicted octanol–water partition coefficient (Wildman–Crippen LogP) is 5.14. The summed E-state index contributed by atoms with van der Waals surface area (Å²) < 4.78 is 19.4. The summed E-state index contributed by atoms with van der Waals surface area (Å²) in [6.45, 7) is 0.166. The molecule has 1 amide bonds. The summed E-state index contributed by atoms with van der Waals surface area (Å²) >= 11 is 5.57. The minimum absolute atomic E-state index is 0.0192. The molecule has 0 bridgehead atoms. The Labute approximate surface area is 181 Å². The summed E-state index contributed by atoms with van der Waals surface area (Å²) in [6.07, 6.45) is 7.41. The zero-order chi connectivity index (χ0) is 21.1. The number of rotatable bonds is 5. The van der Waals surface area contributed by atoms with Gasteiger partial charge in [-0.15, -0.1) is 0 Å². The SMILES string of the molecule is CN1C(=S)N(C2CCCCC2)C(=O)/C1=C/c1ccc(OCc2ccccc2F)cc1. The summed E-state index contributed by atoms with van der Waals surface area (Å²) in [6, 6.07) is 14.2. The van der Waals surface area contributed by atoms with Crippen LogP contribution in [0.1, 0.15) is 43.2 Å². The molecule has 1 saturated heterocycles. The van der Waals surface area contributed by atoms with Crippen molar-refractivity contribution in [2.45, 2.75) is 44.8 Å². The van der Waals surface area contributed by atoms with Crippen molar-refractivity contribution in [2.75, 3.05) is 7.05 Å². The van der Waals surface area contributed by atoms with E-state index in [0.717, 1.165) is 31.2 Å². The quantitative estimate of drug-likeness (QED) is 0.492. The van der Waals surface area contributed by atoms with Gasteiger partial charge in [0.25, 0.3) is 5.91 Å². The normalized spacial score (nSPS) is 19.1. The number of benzene rings is 2. The maximum atomic E-state index is 13.7. The lowest BCUT2D eigenvalue weighted by molar-refractivity contribution is -0.124. The Hall–Kier alpha value is -2.73. The summed E-state index contributed by atoms with van der Waals surface area (Å²) in [7, 11) is 1.85. The Morgan fingerprint density at radius 3 is 2.50 bits per heavy atom. The molecule has 1 aliphatic carbocycles. The highest BCUT2D eigenvalue weighted by Crippen LogP contribution is 2.30. The number of ether oxygens (including phenoxy) is 1. The highest BCUT2D eigenvalue weighted by molar-refractivity contribution is 7.80. The molecule has 0 spiro atoms. The molecule has 4 nitrogen and oxygen atoms in total. The van der Waals surface area contributed by atoms with Crippen LogP contribution in [0.2, 0.25) is 0 Å². The van der Waals surface area contributed by atoms with Gasteiger partial charge in [-0.1, -0.05) is 49.6 Å². The Bertz CT molecular complexity index is 967. The van der Waals surface area contributed by atoms with Crippen LogP contribution in [0, 0.1) is 5.82 Å². The van der Waals surface area contributed by atoms with Crippen LogP contribution in [0.15, 0.2) is 54.2 Å². The van der Waals surface area contributed by atoms with E-state index in [2.05, 4.69) is 0 Å². The van der Waals surface area contributed by atoms with E-state index in [1.54, 1.807) is 28.0 Å². The van der Waals surface area contributed by atoms with Crippen LogP contribution in [0.25, 0.3) is 6.08 Å². The lowest BCUT2D eigenvalue weighted by atomic mass is 9.94. The summed E-state index contributed by atoms with van der Waals surface area (Å²) in [5.74, 6) is 0.347. The smallest absolute Gasteiger partial charge is 0.277 e. The molecule has 1 saturated carbocycles. The zero-order valence-electron chi connectivity index (χ0n) is 17.0. The maximum Gasteiger partial charge on any atom is 0.277 e. The first-order chi connectivity index (χ1) is 14.5. The fourth-order valence-electron chi connectivity index (χ4n) is 4.03. The molecule has 6 heteroatoms. The van der Waals surface area contributed by atoms with Gasteiger partial charge in [0.2, 0.25) is 0 Å². The standard InChI is InChI=1S/C24H25FN2O2S/c1-26-22(23(28)27(24(26)30)19-8-3-2-4-9-19)15-17-11-13-20(14-12-17)29-16-18-7-5-6-10-21(18)25/h5-7,10-15,19H,2-4,8-9,16H2,1H3/b22-15-. The van der Waals surface area contributed by atoms with Crippen molar-refractivity contribution >= 4 is 29.3 Å². The molecule has 2 aromatic rings. The number of carbonyl (C=O) groups excluding carboxylic acids is 1. The van der Waals surface area contributed by atoms with Crippen LogP contribution in [0.4, 0.5) is 4.39 Å². The molecule has 0 aromatic heterocycles. The van der Waals surface area contributed by atoms with E-state index in [9.17, 15) is 9.18 Å². The third-order valence-corrected chi connectivity index (χ3v) is 6.24. The van der Waals surface area contributed by atoms with Gasteiger partial charge in [0, 0.05) is 18.7 Å². The van der Waals surface area contributed by atoms with Crippen molar-refractivity contribution in [3.8, 4) is 5.75 Å². The average molecular weight is 425 g/mol. The molecule has 2 aliphatic rings. The van der Waals surface area contributed by atoms with Gasteiger partial charge in [-0.3, -0.25) is 9.69 Å². The van der Waals surface area contributed by atoms with Gasteiger partial charge in [0.05, 0.1) is 0 Å². The Morgan fingerprint density at radius 1 is 1.10 bits per heavy atom. The summed E-state index contributed by atoms with van der Waals surface area (Å²) in [5, 5.41) is 0.586. The highest BCUT2D eigenvalue weighted by Gasteiger charge is 2.40. The lowest BCUT2D eigenvalue weighted by Crippen LogP contribution is -2.41. The number of halogens is 1. The summed E-state index contributed by atoms with van der Waals surface area (Å²) in [4.78, 5) is 16.7. The van der Waals surface area contributed by atoms with Crippen molar-refractivity contribution < 1.29 is 13.9 Å². The number of hydrogen-bond acceptors (Lipinski definition) is 3. The molecule has 4 rings (SSSR count). The molecule has 0 atom stereocenters. The summed E-state index contributed by atoms with van der Waals surface area (Å²) in [5.41, 5.74) is 1.99. The van der Waals surface area contributed by atoms with Crippen LogP contribution in [-0.2, 0) is 11.4 Å². The number of carbonyl (C=O) groups is 1. The molecule has 1 aliphatic heterocycles. The largest absolute Gasteiger partial charge is 0.489 e. The Kier molecular flexibility index (Phi) is 6.13. The van der Waals surface area contributed by atoms with E-state index in [4.69, 9.17) is 17.0 Å². The Balaban J connectivity index is 1.45. The minimum atomic E-state index is -0.278. The van der Waals surface area contributed by atoms with E-state index in [1.165, 1.54) is 12.5 Å². The van der Waals surface area contributed by atoms with Crippen LogP contribution < -0.4 is 4.74 Å². The molecule has 0 N–H and O–H groups in total. The van der Waals surface area contributed by atoms with Gasteiger partial charge in [-0.25, -0.2) is 4.39 Å². The molecular weight excluding hydrogens is 399 g/mol. The number of amides is 1. The van der Waals surface area contributed by atoms with Gasteiger partial charge in [-0.2, -0.15) is 0 Å². The molecule has 0 radical (unpaired) electrons. The van der Waals surface area contributed by atoms with Crippen molar-refractivity contribution in [1.82, 2.24) is 9.80 Å². The molecule has 2 fully saturated rings. The molecule has 2 aromatic carbocycles. The van der Waals surface area contributed by atoms with Gasteiger partial charge < -0.3 is 9.64 Å². The number of nitrogens with zero attached hydrogens (tertiary/aromatic N) is 2. The number of likely N-dealkylation sites (N-methyl/N-ethyl adjacent to an activating group) is 1. The molecular formula is C24H25FN2O2S. The van der Waals surface area contributed by atoms with E-state index >= 15 is 0 Å². The molecule has 0 unspecified atom stereocenters. The van der Waals surface area contributed by atoms with Crippen LogP contribution >= 0.6 is 12.2 Å². The van der Waals surface area contributed by atoms with Crippen LogP contribution in [0.3, 0.4) is 0 Å². The van der Waals surface area contributed by atoms with E-state index in [1.807, 2.05) is 37.4 Å². The fourth-order valence-corrected chi connectivity index (χ4v) is 4.36. The van der Waals surface area contributed by atoms with Crippen molar-refractivity contribution in [1.29, 1.82) is 0 Å². The van der Waals surface area contributed by atoms with Crippen molar-refractivity contribution in [2.24, 2.45) is 0 Å². The fraction of sp³-hybridized carbons (Fsp3) is 0.333. The molecule has 1 heterocycles. The monoisotopic (exact) mass is 424 g/mol. The van der Waals surface area contributed by atoms with Gasteiger partial charge >= 0.3 is 0 Å². The van der Waals surface area contributed by atoms with E-state index in [0.29, 0.717) is 22.1 Å². The van der Waals surface area contributed by atoms with Crippen LogP contribution in [0.5, 0.6) is 5.75 Å². The average Bonchev–Trinajstić information content (AvgIpc) is 2.98. The first-order valence-corrected chi connectivity index (χ1v) is 10.7. The van der Waals surface area contributed by atoms with Gasteiger partial charge in [-0.05, 0) is 54.9 Å². The Morgan fingerprint density at radius 2 is 1.80 bits per heavy atom. The number of thiocarbonyl (C=S) groups is 1. The number of hydrogen-bond donors (Lipinski definition) is 0. The van der Waals surface area contributed by atoms with Gasteiger partial charge in [0.15, 0.2) is 5.11 Å². The second-order valence-corrected chi connectivity index (χ2v) is 8.15. The highest BCUT2D eigenvalue weighted by atomic mass is 32.1. The van der Waals surface area contributed by atoms with Crippen LogP contribution in [-0.4, -0.2) is 33.9 Å². The third kappa shape index (κ3) is 4.24. The third-order valence-electron chi connectivity index (χ3n) is 5.77. The van der Waals surface area contributed by atoms with E-state index in [-0.39, 0.29) is 24.4 Å². The first kappa shape index (κ1) is 20.5. The topological polar surface area (TPSA) is 32.8 Å². The first-order valence-electron chi connectivity index (χ1n) is 10.3. The zero-order valence-corrected chi connectivity index (χ0v) is 17.8. The second-order valence-electron chi connectivity index (χ2n) is 7.79. The predicted molar refractivity (Wildman–Crippen MR) is 119 cm³/mol.